The van der Waals surface area contributed by atoms with Gasteiger partial charge in [-0.25, -0.2) is 4.98 Å². The van der Waals surface area contributed by atoms with Gasteiger partial charge < -0.3 is 4.90 Å². The Morgan fingerprint density at radius 1 is 1.33 bits per heavy atom. The summed E-state index contributed by atoms with van der Waals surface area (Å²) in [7, 11) is 1.78. The number of carbonyl (C=O) groups is 1. The lowest BCUT2D eigenvalue weighted by Gasteiger charge is -2.18. The van der Waals surface area contributed by atoms with E-state index >= 15 is 0 Å². The van der Waals surface area contributed by atoms with E-state index in [0.29, 0.717) is 17.3 Å². The Morgan fingerprint density at radius 3 is 2.71 bits per heavy atom. The largest absolute Gasteiger partial charge is 0.337 e. The maximum Gasteiger partial charge on any atom is 0.254 e. The second-order valence-corrected chi connectivity index (χ2v) is 6.02. The Kier molecular flexibility index (Phi) is 5.37. The van der Waals surface area contributed by atoms with E-state index in [2.05, 4.69) is 20.9 Å². The molecule has 0 radical (unpaired) electrons. The first-order valence-corrected chi connectivity index (χ1v) is 7.83. The Hall–Kier alpha value is -1.39. The first-order valence-electron chi connectivity index (χ1n) is 6.66. The molecule has 3 nitrogen and oxygen atoms in total. The van der Waals surface area contributed by atoms with Crippen LogP contribution in [0.15, 0.2) is 40.9 Å². The first-order chi connectivity index (χ1) is 10.0. The summed E-state index contributed by atoms with van der Waals surface area (Å²) in [5, 5.41) is 0.354. The number of benzene rings is 1. The average molecular weight is 368 g/mol. The number of rotatable bonds is 4. The van der Waals surface area contributed by atoms with Gasteiger partial charge in [0.05, 0.1) is 0 Å². The van der Waals surface area contributed by atoms with Gasteiger partial charge in [-0.05, 0) is 30.2 Å². The number of hydrogen-bond donors (Lipinski definition) is 0. The lowest BCUT2D eigenvalue weighted by atomic mass is 10.1. The zero-order chi connectivity index (χ0) is 15.4. The van der Waals surface area contributed by atoms with Gasteiger partial charge >= 0.3 is 0 Å². The molecule has 0 saturated carbocycles. The van der Waals surface area contributed by atoms with Crippen LogP contribution in [0.4, 0.5) is 0 Å². The highest BCUT2D eigenvalue weighted by Crippen LogP contribution is 2.19. The van der Waals surface area contributed by atoms with Crippen LogP contribution in [0.3, 0.4) is 0 Å². The third kappa shape index (κ3) is 4.05. The molecule has 1 aromatic carbocycles. The fraction of sp³-hybridized carbons (Fsp3) is 0.250. The average Bonchev–Trinajstić information content (AvgIpc) is 2.48. The van der Waals surface area contributed by atoms with Crippen LogP contribution in [0.2, 0.25) is 5.15 Å². The van der Waals surface area contributed by atoms with Gasteiger partial charge in [0, 0.05) is 29.3 Å². The molecule has 0 bridgehead atoms. The van der Waals surface area contributed by atoms with Crippen LogP contribution in [0.1, 0.15) is 28.5 Å². The van der Waals surface area contributed by atoms with E-state index in [1.165, 1.54) is 0 Å². The summed E-state index contributed by atoms with van der Waals surface area (Å²) < 4.78 is 0.992. The Balaban J connectivity index is 2.20. The number of carbonyl (C=O) groups excluding carboxylic acids is 1. The number of aryl methyl sites for hydroxylation is 1. The van der Waals surface area contributed by atoms with Gasteiger partial charge in [0.15, 0.2) is 0 Å². The number of pyridine rings is 1. The van der Waals surface area contributed by atoms with Crippen molar-refractivity contribution in [2.24, 2.45) is 0 Å². The molecule has 0 spiro atoms. The molecule has 21 heavy (non-hydrogen) atoms. The molecular weight excluding hydrogens is 352 g/mol. The summed E-state index contributed by atoms with van der Waals surface area (Å²) in [6, 6.07) is 11.3. The predicted octanol–water partition coefficient (Wildman–Crippen LogP) is 4.33. The molecule has 1 heterocycles. The zero-order valence-corrected chi connectivity index (χ0v) is 14.3. The monoisotopic (exact) mass is 366 g/mol. The van der Waals surface area contributed by atoms with Crippen LogP contribution >= 0.6 is 27.5 Å². The third-order valence-electron chi connectivity index (χ3n) is 3.17. The molecule has 0 fully saturated rings. The normalized spacial score (nSPS) is 10.5. The predicted molar refractivity (Wildman–Crippen MR) is 88.6 cm³/mol. The van der Waals surface area contributed by atoms with Crippen molar-refractivity contribution in [1.82, 2.24) is 9.88 Å². The fourth-order valence-electron chi connectivity index (χ4n) is 2.03. The number of amides is 1. The maximum absolute atomic E-state index is 12.5. The molecule has 0 N–H and O–H groups in total. The second-order valence-electron chi connectivity index (χ2n) is 4.78. The molecule has 0 atom stereocenters. The summed E-state index contributed by atoms with van der Waals surface area (Å²) in [5.74, 6) is -0.0650. The van der Waals surface area contributed by atoms with E-state index in [9.17, 15) is 4.79 Å². The van der Waals surface area contributed by atoms with E-state index in [1.807, 2.05) is 31.2 Å². The number of halogens is 2. The Morgan fingerprint density at radius 2 is 2.05 bits per heavy atom. The quantitative estimate of drug-likeness (QED) is 0.754. The van der Waals surface area contributed by atoms with E-state index in [-0.39, 0.29) is 5.91 Å². The van der Waals surface area contributed by atoms with E-state index in [4.69, 9.17) is 11.6 Å². The van der Waals surface area contributed by atoms with Crippen LogP contribution < -0.4 is 0 Å². The topological polar surface area (TPSA) is 33.2 Å². The zero-order valence-electron chi connectivity index (χ0n) is 11.9. The standard InChI is InChI=1S/C16H16BrClN2O/c1-3-13-8-12(9-15(18)19-13)16(21)20(2)10-11-6-4-5-7-14(11)17/h4-9H,3,10H2,1-2H3. The highest BCUT2D eigenvalue weighted by molar-refractivity contribution is 9.10. The van der Waals surface area contributed by atoms with Gasteiger partial charge in [-0.2, -0.15) is 0 Å². The number of nitrogens with zero attached hydrogens (tertiary/aromatic N) is 2. The number of hydrogen-bond acceptors (Lipinski definition) is 2. The fourth-order valence-corrected chi connectivity index (χ4v) is 2.67. The molecule has 5 heteroatoms. The molecule has 2 aromatic rings. The van der Waals surface area contributed by atoms with Crippen molar-refractivity contribution in [2.45, 2.75) is 19.9 Å². The lowest BCUT2D eigenvalue weighted by Crippen LogP contribution is -2.26. The minimum absolute atomic E-state index is 0.0650. The molecule has 0 unspecified atom stereocenters. The lowest BCUT2D eigenvalue weighted by molar-refractivity contribution is 0.0784. The summed E-state index contributed by atoms with van der Waals surface area (Å²) in [5.41, 5.74) is 2.45. The van der Waals surface area contributed by atoms with Crippen molar-refractivity contribution in [2.75, 3.05) is 7.05 Å². The highest BCUT2D eigenvalue weighted by Gasteiger charge is 2.15. The minimum Gasteiger partial charge on any atom is -0.337 e. The van der Waals surface area contributed by atoms with Crippen LogP contribution in [0.5, 0.6) is 0 Å². The molecule has 1 amide bonds. The van der Waals surface area contributed by atoms with Gasteiger partial charge in [0.25, 0.3) is 5.91 Å². The van der Waals surface area contributed by atoms with Crippen LogP contribution in [0, 0.1) is 0 Å². The van der Waals surface area contributed by atoms with Crippen molar-refractivity contribution in [1.29, 1.82) is 0 Å². The summed E-state index contributed by atoms with van der Waals surface area (Å²) in [4.78, 5) is 18.4. The van der Waals surface area contributed by atoms with Gasteiger partial charge in [-0.1, -0.05) is 52.7 Å². The Labute approximate surface area is 138 Å². The summed E-state index contributed by atoms with van der Waals surface area (Å²) >= 11 is 9.47. The van der Waals surface area contributed by atoms with Crippen molar-refractivity contribution < 1.29 is 4.79 Å². The van der Waals surface area contributed by atoms with Crippen LogP contribution in [0.25, 0.3) is 0 Å². The summed E-state index contributed by atoms with van der Waals surface area (Å²) in [6.45, 7) is 2.51. The summed E-state index contributed by atoms with van der Waals surface area (Å²) in [6.07, 6.45) is 0.745. The minimum atomic E-state index is -0.0650. The highest BCUT2D eigenvalue weighted by atomic mass is 79.9. The van der Waals surface area contributed by atoms with Crippen molar-refractivity contribution in [3.05, 3.63) is 62.8 Å². The molecule has 0 aliphatic rings. The van der Waals surface area contributed by atoms with Crippen LogP contribution in [-0.4, -0.2) is 22.8 Å². The molecule has 0 aliphatic carbocycles. The molecule has 0 aliphatic heterocycles. The van der Waals surface area contributed by atoms with Crippen LogP contribution in [-0.2, 0) is 13.0 Å². The third-order valence-corrected chi connectivity index (χ3v) is 4.14. The second kappa shape index (κ2) is 7.05. The Bertz CT molecular complexity index is 660. The van der Waals surface area contributed by atoms with E-state index in [1.54, 1.807) is 24.1 Å². The van der Waals surface area contributed by atoms with E-state index < -0.39 is 0 Å². The van der Waals surface area contributed by atoms with Gasteiger partial charge in [0.2, 0.25) is 0 Å². The molecular formula is C16H16BrClN2O. The molecule has 110 valence electrons. The van der Waals surface area contributed by atoms with E-state index in [0.717, 1.165) is 22.2 Å². The molecule has 1 aromatic heterocycles. The van der Waals surface area contributed by atoms with Crippen molar-refractivity contribution in [3.63, 3.8) is 0 Å². The molecule has 2 rings (SSSR count). The first kappa shape index (κ1) is 16.0. The van der Waals surface area contributed by atoms with Gasteiger partial charge in [-0.3, -0.25) is 4.79 Å². The van der Waals surface area contributed by atoms with Crippen molar-refractivity contribution >= 4 is 33.4 Å². The van der Waals surface area contributed by atoms with Crippen molar-refractivity contribution in [3.8, 4) is 0 Å². The van der Waals surface area contributed by atoms with Gasteiger partial charge in [0.1, 0.15) is 5.15 Å². The number of aromatic nitrogens is 1. The maximum atomic E-state index is 12.5. The SMILES string of the molecule is CCc1cc(C(=O)N(C)Cc2ccccc2Br)cc(Cl)n1. The van der Waals surface area contributed by atoms with Gasteiger partial charge in [-0.15, -0.1) is 0 Å². The smallest absolute Gasteiger partial charge is 0.254 e. The molecule has 0 saturated heterocycles.